The standard InChI is InChI=1S/C13H14N4O2/c1-8(2)12(18)10-7-9(13(14)19)3-4-11(10)17-15-5-6-16-17/h3-8H,1-2H3,(H2,14,19). The molecule has 0 atom stereocenters. The van der Waals surface area contributed by atoms with Gasteiger partial charge in [-0.15, -0.1) is 0 Å². The monoisotopic (exact) mass is 258 g/mol. The lowest BCUT2D eigenvalue weighted by Gasteiger charge is -2.11. The molecule has 0 bridgehead atoms. The zero-order valence-electron chi connectivity index (χ0n) is 10.7. The molecular weight excluding hydrogens is 244 g/mol. The van der Waals surface area contributed by atoms with Crippen LogP contribution in [-0.4, -0.2) is 26.7 Å². The summed E-state index contributed by atoms with van der Waals surface area (Å²) in [5.74, 6) is -0.856. The van der Waals surface area contributed by atoms with Crippen molar-refractivity contribution in [3.63, 3.8) is 0 Å². The number of Topliss-reactive ketones (excluding diaryl/α,β-unsaturated/α-hetero) is 1. The van der Waals surface area contributed by atoms with Crippen molar-refractivity contribution in [3.8, 4) is 5.69 Å². The van der Waals surface area contributed by atoms with Gasteiger partial charge in [-0.2, -0.15) is 15.0 Å². The molecule has 2 rings (SSSR count). The Kier molecular flexibility index (Phi) is 3.41. The van der Waals surface area contributed by atoms with E-state index >= 15 is 0 Å². The minimum absolute atomic E-state index is 0.0876. The van der Waals surface area contributed by atoms with E-state index in [1.54, 1.807) is 26.0 Å². The number of ketones is 1. The van der Waals surface area contributed by atoms with Crippen molar-refractivity contribution in [3.05, 3.63) is 41.7 Å². The van der Waals surface area contributed by atoms with Gasteiger partial charge in [0, 0.05) is 17.0 Å². The first-order chi connectivity index (χ1) is 9.00. The Morgan fingerprint density at radius 1 is 1.21 bits per heavy atom. The number of nitrogens with zero attached hydrogens (tertiary/aromatic N) is 3. The predicted molar refractivity (Wildman–Crippen MR) is 69.0 cm³/mol. The maximum absolute atomic E-state index is 12.2. The fraction of sp³-hybridized carbons (Fsp3) is 0.231. The Morgan fingerprint density at radius 2 is 1.84 bits per heavy atom. The molecule has 6 nitrogen and oxygen atoms in total. The van der Waals surface area contributed by atoms with Crippen LogP contribution in [0.4, 0.5) is 0 Å². The van der Waals surface area contributed by atoms with E-state index in [1.807, 2.05) is 0 Å². The maximum Gasteiger partial charge on any atom is 0.248 e. The van der Waals surface area contributed by atoms with Crippen molar-refractivity contribution in [2.75, 3.05) is 0 Å². The highest BCUT2D eigenvalue weighted by Gasteiger charge is 2.18. The molecule has 0 fully saturated rings. The molecule has 2 aromatic rings. The van der Waals surface area contributed by atoms with Crippen LogP contribution in [0, 0.1) is 5.92 Å². The summed E-state index contributed by atoms with van der Waals surface area (Å²) in [6, 6.07) is 4.66. The van der Waals surface area contributed by atoms with Crippen molar-refractivity contribution in [1.82, 2.24) is 15.0 Å². The number of nitrogens with two attached hydrogens (primary N) is 1. The van der Waals surface area contributed by atoms with E-state index in [0.29, 0.717) is 16.8 Å². The van der Waals surface area contributed by atoms with E-state index in [2.05, 4.69) is 10.2 Å². The van der Waals surface area contributed by atoms with Crippen LogP contribution < -0.4 is 5.73 Å². The van der Waals surface area contributed by atoms with Crippen molar-refractivity contribution in [2.45, 2.75) is 13.8 Å². The lowest BCUT2D eigenvalue weighted by atomic mass is 9.97. The molecule has 1 aromatic carbocycles. The van der Waals surface area contributed by atoms with Crippen LogP contribution in [0.2, 0.25) is 0 Å². The van der Waals surface area contributed by atoms with Crippen LogP contribution >= 0.6 is 0 Å². The number of amides is 1. The molecular formula is C13H14N4O2. The van der Waals surface area contributed by atoms with Gasteiger partial charge < -0.3 is 5.73 Å². The molecule has 98 valence electrons. The number of hydrogen-bond acceptors (Lipinski definition) is 4. The highest BCUT2D eigenvalue weighted by molar-refractivity contribution is 6.03. The van der Waals surface area contributed by atoms with Gasteiger partial charge in [0.25, 0.3) is 0 Å². The number of primary amides is 1. The summed E-state index contributed by atoms with van der Waals surface area (Å²) >= 11 is 0. The number of aromatic nitrogens is 3. The average molecular weight is 258 g/mol. The lowest BCUT2D eigenvalue weighted by Crippen LogP contribution is -2.17. The van der Waals surface area contributed by atoms with Crippen molar-refractivity contribution >= 4 is 11.7 Å². The summed E-state index contributed by atoms with van der Waals surface area (Å²) in [4.78, 5) is 24.8. The summed E-state index contributed by atoms with van der Waals surface area (Å²) in [6.45, 7) is 3.58. The van der Waals surface area contributed by atoms with Crippen LogP contribution in [0.3, 0.4) is 0 Å². The zero-order chi connectivity index (χ0) is 14.0. The molecule has 1 heterocycles. The van der Waals surface area contributed by atoms with E-state index in [9.17, 15) is 9.59 Å². The number of carbonyl (C=O) groups excluding carboxylic acids is 2. The second-order valence-electron chi connectivity index (χ2n) is 4.43. The summed E-state index contributed by atoms with van der Waals surface area (Å²) in [7, 11) is 0. The van der Waals surface area contributed by atoms with Gasteiger partial charge in [-0.3, -0.25) is 9.59 Å². The van der Waals surface area contributed by atoms with E-state index in [-0.39, 0.29) is 11.7 Å². The molecule has 2 N–H and O–H groups in total. The van der Waals surface area contributed by atoms with Crippen LogP contribution in [-0.2, 0) is 0 Å². The predicted octanol–water partition coefficient (Wildman–Crippen LogP) is 1.20. The van der Waals surface area contributed by atoms with E-state index in [0.717, 1.165) is 0 Å². The van der Waals surface area contributed by atoms with Gasteiger partial charge >= 0.3 is 0 Å². The number of benzene rings is 1. The summed E-state index contributed by atoms with van der Waals surface area (Å²) in [5, 5.41) is 8.00. The highest BCUT2D eigenvalue weighted by Crippen LogP contribution is 2.19. The molecule has 19 heavy (non-hydrogen) atoms. The number of hydrogen-bond donors (Lipinski definition) is 1. The molecule has 0 saturated heterocycles. The average Bonchev–Trinajstić information content (AvgIpc) is 2.90. The van der Waals surface area contributed by atoms with Crippen molar-refractivity contribution in [2.24, 2.45) is 11.7 Å². The first kappa shape index (κ1) is 12.9. The van der Waals surface area contributed by atoms with Gasteiger partial charge in [0.2, 0.25) is 5.91 Å². The zero-order valence-corrected chi connectivity index (χ0v) is 10.7. The minimum Gasteiger partial charge on any atom is -0.366 e. The molecule has 0 spiro atoms. The normalized spacial score (nSPS) is 10.7. The Balaban J connectivity index is 2.60. The summed E-state index contributed by atoms with van der Waals surface area (Å²) in [6.07, 6.45) is 3.04. The van der Waals surface area contributed by atoms with Crippen molar-refractivity contribution < 1.29 is 9.59 Å². The van der Waals surface area contributed by atoms with Gasteiger partial charge in [-0.1, -0.05) is 13.8 Å². The van der Waals surface area contributed by atoms with E-state index in [4.69, 9.17) is 5.73 Å². The molecule has 0 saturated carbocycles. The van der Waals surface area contributed by atoms with Gasteiger partial charge in [0.1, 0.15) is 0 Å². The van der Waals surface area contributed by atoms with E-state index < -0.39 is 5.91 Å². The number of rotatable bonds is 4. The third kappa shape index (κ3) is 2.52. The fourth-order valence-corrected chi connectivity index (χ4v) is 1.71. The Hall–Kier alpha value is -2.50. The molecule has 6 heteroatoms. The third-order valence-electron chi connectivity index (χ3n) is 2.71. The molecule has 0 unspecified atom stereocenters. The third-order valence-corrected chi connectivity index (χ3v) is 2.71. The molecule has 1 aromatic heterocycles. The Bertz CT molecular complexity index is 618. The molecule has 0 radical (unpaired) electrons. The fourth-order valence-electron chi connectivity index (χ4n) is 1.71. The highest BCUT2D eigenvalue weighted by atomic mass is 16.1. The summed E-state index contributed by atoms with van der Waals surface area (Å²) in [5.41, 5.74) is 6.46. The largest absolute Gasteiger partial charge is 0.366 e. The van der Waals surface area contributed by atoms with Crippen LogP contribution in [0.5, 0.6) is 0 Å². The quantitative estimate of drug-likeness (QED) is 0.834. The number of carbonyl (C=O) groups is 2. The molecule has 1 amide bonds. The van der Waals surface area contributed by atoms with Gasteiger partial charge in [-0.05, 0) is 18.2 Å². The molecule has 0 aliphatic heterocycles. The first-order valence-corrected chi connectivity index (χ1v) is 5.85. The maximum atomic E-state index is 12.2. The van der Waals surface area contributed by atoms with Crippen molar-refractivity contribution in [1.29, 1.82) is 0 Å². The second-order valence-corrected chi connectivity index (χ2v) is 4.43. The Labute approximate surface area is 110 Å². The van der Waals surface area contributed by atoms with Crippen LogP contribution in [0.15, 0.2) is 30.6 Å². The SMILES string of the molecule is CC(C)C(=O)c1cc(C(N)=O)ccc1-n1nccn1. The van der Waals surface area contributed by atoms with Crippen LogP contribution in [0.25, 0.3) is 5.69 Å². The molecule has 0 aliphatic rings. The summed E-state index contributed by atoms with van der Waals surface area (Å²) < 4.78 is 0. The van der Waals surface area contributed by atoms with Gasteiger partial charge in [0.05, 0.1) is 18.1 Å². The second kappa shape index (κ2) is 5.01. The smallest absolute Gasteiger partial charge is 0.248 e. The molecule has 0 aliphatic carbocycles. The van der Waals surface area contributed by atoms with E-state index in [1.165, 1.54) is 23.3 Å². The minimum atomic E-state index is -0.571. The lowest BCUT2D eigenvalue weighted by molar-refractivity contribution is 0.0939. The Morgan fingerprint density at radius 3 is 2.37 bits per heavy atom. The van der Waals surface area contributed by atoms with Crippen LogP contribution in [0.1, 0.15) is 34.6 Å². The topological polar surface area (TPSA) is 90.9 Å². The first-order valence-electron chi connectivity index (χ1n) is 5.85. The van der Waals surface area contributed by atoms with Gasteiger partial charge in [0.15, 0.2) is 5.78 Å². The van der Waals surface area contributed by atoms with Gasteiger partial charge in [-0.25, -0.2) is 0 Å².